The van der Waals surface area contributed by atoms with Crippen LogP contribution in [0.4, 0.5) is 0 Å². The highest BCUT2D eigenvalue weighted by Crippen LogP contribution is 2.28. The molecule has 0 saturated carbocycles. The van der Waals surface area contributed by atoms with E-state index in [9.17, 15) is 9.59 Å². The lowest BCUT2D eigenvalue weighted by atomic mass is 10.1. The van der Waals surface area contributed by atoms with Gasteiger partial charge in [-0.2, -0.15) is 0 Å². The van der Waals surface area contributed by atoms with Crippen molar-refractivity contribution in [3.8, 4) is 5.75 Å². The van der Waals surface area contributed by atoms with Crippen molar-refractivity contribution in [1.29, 1.82) is 0 Å². The van der Waals surface area contributed by atoms with E-state index in [1.807, 2.05) is 18.2 Å². The van der Waals surface area contributed by atoms with Gasteiger partial charge in [0.2, 0.25) is 0 Å². The average molecular weight is 360 g/mol. The lowest BCUT2D eigenvalue weighted by Crippen LogP contribution is -2.23. The van der Waals surface area contributed by atoms with Crippen molar-refractivity contribution in [2.24, 2.45) is 5.92 Å². The zero-order chi connectivity index (χ0) is 18.0. The van der Waals surface area contributed by atoms with E-state index < -0.39 is 11.5 Å². The number of hydrogen-bond acceptors (Lipinski definition) is 6. The van der Waals surface area contributed by atoms with Gasteiger partial charge < -0.3 is 9.47 Å². The maximum absolute atomic E-state index is 12.6. The Morgan fingerprint density at radius 1 is 1.36 bits per heavy atom. The van der Waals surface area contributed by atoms with Gasteiger partial charge in [0.25, 0.3) is 5.56 Å². The Hall–Kier alpha value is -2.41. The van der Waals surface area contributed by atoms with Crippen molar-refractivity contribution in [2.75, 3.05) is 13.2 Å². The number of carbonyl (C=O) groups is 1. The second kappa shape index (κ2) is 7.23. The van der Waals surface area contributed by atoms with E-state index in [2.05, 4.69) is 18.8 Å². The first-order chi connectivity index (χ1) is 12.0. The number of ether oxygens (including phenoxy) is 2. The molecule has 7 heteroatoms. The third kappa shape index (κ3) is 3.51. The summed E-state index contributed by atoms with van der Waals surface area (Å²) in [5.41, 5.74) is 0.236. The molecule has 0 aliphatic heterocycles. The molecule has 1 aromatic carbocycles. The molecule has 0 spiro atoms. The first-order valence-electron chi connectivity index (χ1n) is 8.25. The molecule has 0 fully saturated rings. The predicted octanol–water partition coefficient (Wildman–Crippen LogP) is 3.51. The largest absolute Gasteiger partial charge is 0.494 e. The van der Waals surface area contributed by atoms with Gasteiger partial charge in [0.05, 0.1) is 29.6 Å². The molecule has 132 valence electrons. The molecule has 25 heavy (non-hydrogen) atoms. The molecule has 0 atom stereocenters. The molecular formula is C18H20N2O4S. The highest BCUT2D eigenvalue weighted by molar-refractivity contribution is 7.23. The van der Waals surface area contributed by atoms with Crippen LogP contribution in [0.5, 0.6) is 5.75 Å². The van der Waals surface area contributed by atoms with Crippen LogP contribution in [0.3, 0.4) is 0 Å². The van der Waals surface area contributed by atoms with Gasteiger partial charge in [-0.05, 0) is 37.5 Å². The van der Waals surface area contributed by atoms with Gasteiger partial charge in [0.1, 0.15) is 11.3 Å². The quantitative estimate of drug-likeness (QED) is 0.629. The highest BCUT2D eigenvalue weighted by atomic mass is 32.1. The molecule has 0 unspecified atom stereocenters. The summed E-state index contributed by atoms with van der Waals surface area (Å²) in [6.07, 6.45) is 2.26. The van der Waals surface area contributed by atoms with Gasteiger partial charge in [0, 0.05) is 0 Å². The second-order valence-electron chi connectivity index (χ2n) is 6.08. The molecule has 2 heterocycles. The highest BCUT2D eigenvalue weighted by Gasteiger charge is 2.17. The summed E-state index contributed by atoms with van der Waals surface area (Å²) in [4.78, 5) is 29.3. The Balaban J connectivity index is 2.00. The number of thiazole rings is 1. The van der Waals surface area contributed by atoms with Crippen molar-refractivity contribution in [3.63, 3.8) is 0 Å². The van der Waals surface area contributed by atoms with Gasteiger partial charge in [-0.15, -0.1) is 0 Å². The summed E-state index contributed by atoms with van der Waals surface area (Å²) in [6, 6.07) is 5.55. The number of nitrogens with zero attached hydrogens (tertiary/aromatic N) is 2. The minimum Gasteiger partial charge on any atom is -0.494 e. The molecular weight excluding hydrogens is 340 g/mol. The molecule has 3 rings (SSSR count). The fourth-order valence-electron chi connectivity index (χ4n) is 2.43. The molecule has 0 amide bonds. The lowest BCUT2D eigenvalue weighted by Gasteiger charge is -2.07. The van der Waals surface area contributed by atoms with Gasteiger partial charge >= 0.3 is 5.97 Å². The van der Waals surface area contributed by atoms with E-state index in [1.54, 1.807) is 6.92 Å². The zero-order valence-electron chi connectivity index (χ0n) is 14.4. The normalized spacial score (nSPS) is 11.4. The Kier molecular flexibility index (Phi) is 5.03. The minimum absolute atomic E-state index is 0.0590. The van der Waals surface area contributed by atoms with Crippen LogP contribution in [0.25, 0.3) is 15.2 Å². The molecule has 0 bridgehead atoms. The molecule has 0 aliphatic carbocycles. The summed E-state index contributed by atoms with van der Waals surface area (Å²) in [7, 11) is 0. The first kappa shape index (κ1) is 17.4. The number of aromatic nitrogens is 2. The van der Waals surface area contributed by atoms with E-state index in [0.717, 1.165) is 16.9 Å². The summed E-state index contributed by atoms with van der Waals surface area (Å²) in [5, 5.41) is 0. The number of esters is 1. The molecule has 6 nitrogen and oxygen atoms in total. The molecule has 2 aromatic heterocycles. The lowest BCUT2D eigenvalue weighted by molar-refractivity contribution is 0.0523. The summed E-state index contributed by atoms with van der Waals surface area (Å²) in [6.45, 7) is 6.86. The predicted molar refractivity (Wildman–Crippen MR) is 97.8 cm³/mol. The number of carbonyl (C=O) groups excluding carboxylic acids is 1. The van der Waals surface area contributed by atoms with Crippen LogP contribution in [0.15, 0.2) is 29.2 Å². The average Bonchev–Trinajstić information content (AvgIpc) is 2.93. The number of fused-ring (bicyclic) bond motifs is 3. The molecule has 0 aliphatic rings. The molecule has 0 radical (unpaired) electrons. The second-order valence-corrected chi connectivity index (χ2v) is 7.09. The van der Waals surface area contributed by atoms with E-state index in [-0.39, 0.29) is 12.2 Å². The van der Waals surface area contributed by atoms with Crippen LogP contribution in [-0.2, 0) is 4.74 Å². The van der Waals surface area contributed by atoms with Gasteiger partial charge in [-0.25, -0.2) is 9.78 Å². The van der Waals surface area contributed by atoms with Crippen LogP contribution < -0.4 is 10.3 Å². The molecule has 0 saturated heterocycles. The van der Waals surface area contributed by atoms with Gasteiger partial charge in [0.15, 0.2) is 4.96 Å². The Morgan fingerprint density at radius 2 is 2.16 bits per heavy atom. The number of benzene rings is 1. The van der Waals surface area contributed by atoms with Crippen LogP contribution in [0.1, 0.15) is 37.6 Å². The monoisotopic (exact) mass is 360 g/mol. The summed E-state index contributed by atoms with van der Waals surface area (Å²) < 4.78 is 13.0. The molecule has 3 aromatic rings. The zero-order valence-corrected chi connectivity index (χ0v) is 15.3. The maximum Gasteiger partial charge on any atom is 0.345 e. The fraction of sp³-hybridized carbons (Fsp3) is 0.389. The Bertz CT molecular complexity index is 974. The smallest absolute Gasteiger partial charge is 0.345 e. The number of rotatable bonds is 6. The van der Waals surface area contributed by atoms with Crippen molar-refractivity contribution in [2.45, 2.75) is 27.2 Å². The summed E-state index contributed by atoms with van der Waals surface area (Å²) >= 11 is 1.38. The van der Waals surface area contributed by atoms with Gasteiger partial charge in [-0.3, -0.25) is 9.20 Å². The van der Waals surface area contributed by atoms with Gasteiger partial charge in [-0.1, -0.05) is 25.2 Å². The standard InChI is InChI=1S/C18H20N2O4S/c1-4-23-17(22)13-10-19-18-20(16(13)21)14-6-5-12(9-15(14)25-18)24-8-7-11(2)3/h5-6,9-11H,4,7-8H2,1-3H3. The minimum atomic E-state index is -0.651. The maximum atomic E-state index is 12.6. The van der Waals surface area contributed by atoms with Crippen LogP contribution in [0, 0.1) is 5.92 Å². The van der Waals surface area contributed by atoms with E-state index in [4.69, 9.17) is 9.47 Å². The molecule has 0 N–H and O–H groups in total. The third-order valence-electron chi connectivity index (χ3n) is 3.76. The van der Waals surface area contributed by atoms with Crippen molar-refractivity contribution in [1.82, 2.24) is 9.38 Å². The van der Waals surface area contributed by atoms with E-state index >= 15 is 0 Å². The Labute approximate surface area is 149 Å². The van der Waals surface area contributed by atoms with Crippen LogP contribution in [-0.4, -0.2) is 28.6 Å². The van der Waals surface area contributed by atoms with E-state index in [1.165, 1.54) is 21.9 Å². The fourth-order valence-corrected chi connectivity index (χ4v) is 3.45. The SMILES string of the molecule is CCOC(=O)c1cnc2sc3cc(OCCC(C)C)ccc3n2c1=O. The summed E-state index contributed by atoms with van der Waals surface area (Å²) in [5.74, 6) is 0.692. The van der Waals surface area contributed by atoms with Crippen LogP contribution in [0.2, 0.25) is 0 Å². The third-order valence-corrected chi connectivity index (χ3v) is 4.78. The van der Waals surface area contributed by atoms with Crippen LogP contribution >= 0.6 is 11.3 Å². The van der Waals surface area contributed by atoms with Crippen molar-refractivity contribution in [3.05, 3.63) is 40.3 Å². The van der Waals surface area contributed by atoms with Crippen molar-refractivity contribution < 1.29 is 14.3 Å². The number of hydrogen-bond donors (Lipinski definition) is 0. The van der Waals surface area contributed by atoms with Crippen molar-refractivity contribution >= 4 is 32.5 Å². The van der Waals surface area contributed by atoms with E-state index in [0.29, 0.717) is 23.0 Å². The first-order valence-corrected chi connectivity index (χ1v) is 9.07. The Morgan fingerprint density at radius 3 is 2.88 bits per heavy atom. The topological polar surface area (TPSA) is 69.9 Å².